The highest BCUT2D eigenvalue weighted by atomic mass is 127. The van der Waals surface area contributed by atoms with Crippen LogP contribution in [0.2, 0.25) is 10.0 Å². The Morgan fingerprint density at radius 2 is 1.85 bits per heavy atom. The van der Waals surface area contributed by atoms with Crippen LogP contribution in [0.4, 0.5) is 5.69 Å². The molecule has 0 unspecified atom stereocenters. The van der Waals surface area contributed by atoms with Crippen LogP contribution in [0.5, 0.6) is 11.5 Å². The van der Waals surface area contributed by atoms with Crippen LogP contribution in [0, 0.1) is 3.57 Å². The topological polar surface area (TPSA) is 38.8 Å². The molecule has 0 aliphatic carbocycles. The van der Waals surface area contributed by atoms with E-state index < -0.39 is 0 Å². The summed E-state index contributed by atoms with van der Waals surface area (Å²) in [5.41, 5.74) is 2.45. The second-order valence-electron chi connectivity index (χ2n) is 6.92. The second-order valence-corrected chi connectivity index (χ2v) is 10.6. The van der Waals surface area contributed by atoms with Crippen LogP contribution in [0.3, 0.4) is 0 Å². The fraction of sp³-hybridized carbons (Fsp3) is 0.0833. The van der Waals surface area contributed by atoms with Crippen LogP contribution in [0.25, 0.3) is 6.08 Å². The van der Waals surface area contributed by atoms with Gasteiger partial charge in [-0.2, -0.15) is 0 Å². The number of carbonyl (C=O) groups is 1. The van der Waals surface area contributed by atoms with Crippen LogP contribution in [-0.2, 0) is 11.4 Å². The van der Waals surface area contributed by atoms with E-state index in [1.54, 1.807) is 24.1 Å². The van der Waals surface area contributed by atoms with E-state index in [9.17, 15) is 4.79 Å². The molecule has 1 saturated heterocycles. The van der Waals surface area contributed by atoms with Gasteiger partial charge in [0.25, 0.3) is 5.91 Å². The van der Waals surface area contributed by atoms with E-state index in [1.165, 1.54) is 11.8 Å². The Kier molecular flexibility index (Phi) is 7.86. The van der Waals surface area contributed by atoms with Crippen LogP contribution >= 0.6 is 69.8 Å². The third-order valence-corrected chi connectivity index (χ3v) is 7.57. The zero-order chi connectivity index (χ0) is 23.5. The predicted molar refractivity (Wildman–Crippen MR) is 149 cm³/mol. The number of carbonyl (C=O) groups excluding carboxylic acids is 1. The van der Waals surface area contributed by atoms with E-state index in [0.717, 1.165) is 20.4 Å². The van der Waals surface area contributed by atoms with Crippen LogP contribution in [0.15, 0.2) is 65.6 Å². The Morgan fingerprint density at radius 1 is 1.09 bits per heavy atom. The third kappa shape index (κ3) is 5.49. The Labute approximate surface area is 225 Å². The Morgan fingerprint density at radius 3 is 2.55 bits per heavy atom. The molecular formula is C24H16Cl2INO3S2. The van der Waals surface area contributed by atoms with Gasteiger partial charge in [-0.25, -0.2) is 0 Å². The maximum absolute atomic E-state index is 13.0. The lowest BCUT2D eigenvalue weighted by Crippen LogP contribution is -2.27. The average Bonchev–Trinajstić information content (AvgIpc) is 3.08. The molecule has 4 rings (SSSR count). The molecule has 0 saturated carbocycles. The van der Waals surface area contributed by atoms with Crippen molar-refractivity contribution in [2.75, 3.05) is 12.0 Å². The molecule has 168 valence electrons. The number of nitrogens with zero attached hydrogens (tertiary/aromatic N) is 1. The number of rotatable bonds is 6. The molecule has 3 aromatic rings. The van der Waals surface area contributed by atoms with Crippen LogP contribution in [-0.4, -0.2) is 17.3 Å². The maximum Gasteiger partial charge on any atom is 0.270 e. The minimum Gasteiger partial charge on any atom is -0.493 e. The lowest BCUT2D eigenvalue weighted by Gasteiger charge is -2.14. The molecule has 1 aliphatic heterocycles. The third-order valence-electron chi connectivity index (χ3n) is 4.72. The van der Waals surface area contributed by atoms with Gasteiger partial charge in [-0.05, 0) is 76.2 Å². The number of methoxy groups -OCH3 is 1. The number of ether oxygens (including phenoxy) is 2. The van der Waals surface area contributed by atoms with Crippen molar-refractivity contribution in [3.05, 3.63) is 90.3 Å². The number of benzene rings is 3. The lowest BCUT2D eigenvalue weighted by atomic mass is 10.1. The van der Waals surface area contributed by atoms with Gasteiger partial charge in [0.2, 0.25) is 0 Å². The Hall–Kier alpha value is -1.78. The van der Waals surface area contributed by atoms with Gasteiger partial charge in [-0.3, -0.25) is 9.69 Å². The van der Waals surface area contributed by atoms with E-state index in [-0.39, 0.29) is 5.91 Å². The zero-order valence-electron chi connectivity index (χ0n) is 17.2. The molecule has 0 spiro atoms. The minimum atomic E-state index is -0.148. The Bertz CT molecular complexity index is 1270. The molecule has 9 heteroatoms. The first-order valence-corrected chi connectivity index (χ1v) is 12.7. The van der Waals surface area contributed by atoms with Gasteiger partial charge in [-0.1, -0.05) is 71.4 Å². The summed E-state index contributed by atoms with van der Waals surface area (Å²) in [7, 11) is 1.58. The minimum absolute atomic E-state index is 0.148. The summed E-state index contributed by atoms with van der Waals surface area (Å²) in [4.78, 5) is 15.1. The van der Waals surface area contributed by atoms with Crippen molar-refractivity contribution in [3.8, 4) is 11.5 Å². The van der Waals surface area contributed by atoms with Crippen LogP contribution < -0.4 is 14.4 Å². The molecule has 1 aliphatic rings. The second kappa shape index (κ2) is 10.7. The first kappa shape index (κ1) is 24.3. The standard InChI is InChI=1S/C24H16Cl2INO3S2/c1-30-20-11-15(10-19(27)22(20)31-13-14-7-8-17(25)18(26)9-14)12-21-23(29)28(24(32)33-21)16-5-3-2-4-6-16/h2-12H,13H2,1H3/b21-12+. The van der Waals surface area contributed by atoms with Crippen molar-refractivity contribution in [3.63, 3.8) is 0 Å². The molecule has 0 aromatic heterocycles. The molecule has 33 heavy (non-hydrogen) atoms. The highest BCUT2D eigenvalue weighted by Gasteiger charge is 2.33. The lowest BCUT2D eigenvalue weighted by molar-refractivity contribution is -0.113. The van der Waals surface area contributed by atoms with Gasteiger partial charge >= 0.3 is 0 Å². The van der Waals surface area contributed by atoms with Crippen molar-refractivity contribution < 1.29 is 14.3 Å². The van der Waals surface area contributed by atoms with Crippen molar-refractivity contribution in [2.45, 2.75) is 6.61 Å². The number of thioether (sulfide) groups is 1. The number of para-hydroxylation sites is 1. The molecular weight excluding hydrogens is 612 g/mol. The maximum atomic E-state index is 13.0. The highest BCUT2D eigenvalue weighted by molar-refractivity contribution is 14.1. The molecule has 1 heterocycles. The summed E-state index contributed by atoms with van der Waals surface area (Å²) in [5, 5.41) is 0.970. The highest BCUT2D eigenvalue weighted by Crippen LogP contribution is 2.39. The number of thiocarbonyl (C=S) groups is 1. The fourth-order valence-electron chi connectivity index (χ4n) is 3.17. The molecule has 0 N–H and O–H groups in total. The van der Waals surface area contributed by atoms with E-state index in [0.29, 0.717) is 37.4 Å². The molecule has 3 aromatic carbocycles. The zero-order valence-corrected chi connectivity index (χ0v) is 22.5. The number of amides is 1. The van der Waals surface area contributed by atoms with E-state index in [4.69, 9.17) is 44.9 Å². The molecule has 0 atom stereocenters. The summed E-state index contributed by atoms with van der Waals surface area (Å²) in [6.45, 7) is 0.304. The van der Waals surface area contributed by atoms with Crippen molar-refractivity contribution in [2.24, 2.45) is 0 Å². The molecule has 0 bridgehead atoms. The number of hydrogen-bond donors (Lipinski definition) is 0. The Balaban J connectivity index is 1.57. The first-order valence-electron chi connectivity index (χ1n) is 9.64. The van der Waals surface area contributed by atoms with Crippen LogP contribution in [0.1, 0.15) is 11.1 Å². The average molecular weight is 628 g/mol. The van der Waals surface area contributed by atoms with E-state index in [1.807, 2.05) is 54.6 Å². The smallest absolute Gasteiger partial charge is 0.270 e. The van der Waals surface area contributed by atoms with E-state index >= 15 is 0 Å². The monoisotopic (exact) mass is 627 g/mol. The summed E-state index contributed by atoms with van der Waals surface area (Å²) in [5.74, 6) is 1.02. The van der Waals surface area contributed by atoms with Gasteiger partial charge in [0.1, 0.15) is 6.61 Å². The van der Waals surface area contributed by atoms with Crippen molar-refractivity contribution in [1.82, 2.24) is 0 Å². The molecule has 1 amide bonds. The van der Waals surface area contributed by atoms with Crippen molar-refractivity contribution >= 4 is 91.8 Å². The number of hydrogen-bond acceptors (Lipinski definition) is 5. The number of anilines is 1. The summed E-state index contributed by atoms with van der Waals surface area (Å²) in [6, 6.07) is 18.5. The summed E-state index contributed by atoms with van der Waals surface area (Å²) in [6.07, 6.45) is 1.82. The normalized spacial score (nSPS) is 14.8. The van der Waals surface area contributed by atoms with Gasteiger partial charge in [-0.15, -0.1) is 0 Å². The quantitative estimate of drug-likeness (QED) is 0.160. The van der Waals surface area contributed by atoms with E-state index in [2.05, 4.69) is 22.6 Å². The fourth-order valence-corrected chi connectivity index (χ4v) is 5.57. The molecule has 4 nitrogen and oxygen atoms in total. The predicted octanol–water partition coefficient (Wildman–Crippen LogP) is 7.59. The van der Waals surface area contributed by atoms with Crippen molar-refractivity contribution in [1.29, 1.82) is 0 Å². The SMILES string of the molecule is COc1cc(/C=C2/SC(=S)N(c3ccccc3)C2=O)cc(I)c1OCc1ccc(Cl)c(Cl)c1. The van der Waals surface area contributed by atoms with Gasteiger partial charge in [0.15, 0.2) is 15.8 Å². The first-order chi connectivity index (χ1) is 15.9. The summed E-state index contributed by atoms with van der Waals surface area (Å²) >= 11 is 21.0. The summed E-state index contributed by atoms with van der Waals surface area (Å²) < 4.78 is 12.9. The van der Waals surface area contributed by atoms with Gasteiger partial charge < -0.3 is 9.47 Å². The number of halogens is 3. The largest absolute Gasteiger partial charge is 0.493 e. The van der Waals surface area contributed by atoms with Gasteiger partial charge in [0, 0.05) is 0 Å². The molecule has 1 fully saturated rings. The molecule has 0 radical (unpaired) electrons. The van der Waals surface area contributed by atoms with Gasteiger partial charge in [0.05, 0.1) is 31.3 Å².